The van der Waals surface area contributed by atoms with Crippen LogP contribution in [-0.2, 0) is 16.6 Å². The molecule has 1 atom stereocenters. The lowest BCUT2D eigenvalue weighted by Crippen LogP contribution is -2.45. The summed E-state index contributed by atoms with van der Waals surface area (Å²) in [7, 11) is 0. The van der Waals surface area contributed by atoms with Crippen LogP contribution in [0.1, 0.15) is 53.6 Å². The summed E-state index contributed by atoms with van der Waals surface area (Å²) in [6.45, 7) is 1.18. The number of carbonyl (C=O) groups excluding carboxylic acids is 2. The molecule has 35 heavy (non-hydrogen) atoms. The maximum Gasteiger partial charge on any atom is 0.416 e. The van der Waals surface area contributed by atoms with Gasteiger partial charge in [-0.05, 0) is 56.4 Å². The summed E-state index contributed by atoms with van der Waals surface area (Å²) in [5, 5.41) is 23.9. The molecule has 1 aliphatic heterocycles. The molecule has 2 amide bonds. The van der Waals surface area contributed by atoms with Crippen LogP contribution in [0.5, 0.6) is 0 Å². The second-order valence-corrected chi connectivity index (χ2v) is 9.20. The highest BCUT2D eigenvalue weighted by molar-refractivity contribution is 5.96. The van der Waals surface area contributed by atoms with Crippen LogP contribution in [0.2, 0.25) is 0 Å². The van der Waals surface area contributed by atoms with E-state index in [4.69, 9.17) is 0 Å². The van der Waals surface area contributed by atoms with E-state index >= 15 is 0 Å². The van der Waals surface area contributed by atoms with E-state index in [0.29, 0.717) is 25.4 Å². The predicted octanol–water partition coefficient (Wildman–Crippen LogP) is 2.25. The lowest BCUT2D eigenvalue weighted by atomic mass is 9.78. The van der Waals surface area contributed by atoms with E-state index in [-0.39, 0.29) is 24.1 Å². The zero-order valence-electron chi connectivity index (χ0n) is 19.1. The number of rotatable bonds is 6. The molecule has 1 aliphatic carbocycles. The molecule has 0 unspecified atom stereocenters. The second kappa shape index (κ2) is 10.3. The Labute approximate surface area is 200 Å². The van der Waals surface area contributed by atoms with Crippen molar-refractivity contribution >= 4 is 11.8 Å². The van der Waals surface area contributed by atoms with Crippen molar-refractivity contribution in [2.24, 2.45) is 0 Å². The molecule has 1 aromatic heterocycles. The van der Waals surface area contributed by atoms with Crippen LogP contribution in [0, 0.1) is 0 Å². The van der Waals surface area contributed by atoms with Gasteiger partial charge in [0, 0.05) is 42.5 Å². The van der Waals surface area contributed by atoms with Gasteiger partial charge in [0.15, 0.2) is 0 Å². The fourth-order valence-electron chi connectivity index (χ4n) is 4.91. The molecule has 1 saturated carbocycles. The Morgan fingerprint density at radius 3 is 2.60 bits per heavy atom. The van der Waals surface area contributed by atoms with Crippen LogP contribution >= 0.6 is 0 Å². The van der Waals surface area contributed by atoms with Gasteiger partial charge in [-0.3, -0.25) is 14.5 Å². The Bertz CT molecular complexity index is 1040. The molecule has 188 valence electrons. The average molecular weight is 492 g/mol. The van der Waals surface area contributed by atoms with Gasteiger partial charge in [0.25, 0.3) is 5.91 Å². The number of nitrogens with zero attached hydrogens (tertiary/aromatic N) is 3. The third-order valence-corrected chi connectivity index (χ3v) is 6.87. The van der Waals surface area contributed by atoms with Gasteiger partial charge in [0.05, 0.1) is 23.9 Å². The number of carbonyl (C=O) groups is 2. The van der Waals surface area contributed by atoms with Gasteiger partial charge in [0.2, 0.25) is 5.91 Å². The number of hydrogen-bond acceptors (Lipinski definition) is 6. The van der Waals surface area contributed by atoms with Gasteiger partial charge in [-0.2, -0.15) is 23.4 Å². The quantitative estimate of drug-likeness (QED) is 0.572. The summed E-state index contributed by atoms with van der Waals surface area (Å²) in [6.07, 6.45) is 2.30. The van der Waals surface area contributed by atoms with Gasteiger partial charge in [-0.25, -0.2) is 0 Å². The molecule has 1 aromatic carbocycles. The summed E-state index contributed by atoms with van der Waals surface area (Å²) in [6, 6.07) is 6.11. The maximum atomic E-state index is 12.8. The number of nitrogens with one attached hydrogen (secondary N) is 2. The Morgan fingerprint density at radius 1 is 1.14 bits per heavy atom. The van der Waals surface area contributed by atoms with Crippen molar-refractivity contribution in [1.29, 1.82) is 0 Å². The minimum Gasteiger partial charge on any atom is -0.385 e. The highest BCUT2D eigenvalue weighted by atomic mass is 19.4. The smallest absolute Gasteiger partial charge is 0.385 e. The van der Waals surface area contributed by atoms with Crippen molar-refractivity contribution in [3.63, 3.8) is 0 Å². The molecule has 3 N–H and O–H groups in total. The van der Waals surface area contributed by atoms with Crippen molar-refractivity contribution in [2.45, 2.75) is 56.0 Å². The van der Waals surface area contributed by atoms with Gasteiger partial charge in [-0.15, -0.1) is 0 Å². The van der Waals surface area contributed by atoms with Crippen LogP contribution in [-0.4, -0.2) is 63.7 Å². The van der Waals surface area contributed by atoms with E-state index < -0.39 is 23.2 Å². The van der Waals surface area contributed by atoms with Gasteiger partial charge in [-0.1, -0.05) is 6.07 Å². The lowest BCUT2D eigenvalue weighted by molar-refractivity contribution is -0.137. The molecule has 4 rings (SSSR count). The molecule has 0 bridgehead atoms. The number of alkyl halides is 3. The molecular formula is C24H28F3N5O3. The third-order valence-electron chi connectivity index (χ3n) is 6.87. The van der Waals surface area contributed by atoms with E-state index in [9.17, 15) is 27.9 Å². The Kier molecular flexibility index (Phi) is 7.36. The van der Waals surface area contributed by atoms with Crippen LogP contribution in [0.25, 0.3) is 0 Å². The largest absolute Gasteiger partial charge is 0.416 e. The number of hydrogen-bond donors (Lipinski definition) is 3. The first kappa shape index (κ1) is 25.1. The SMILES string of the molecule is O=C(CNC(=O)c1cccc(C(F)(F)F)c1)N[C@@H]1CCN(C2CCC(O)(c3ccnnc3)CC2)C1. The minimum absolute atomic E-state index is 0.0711. The molecule has 2 aliphatic rings. The van der Waals surface area contributed by atoms with Crippen molar-refractivity contribution in [3.05, 3.63) is 59.4 Å². The molecule has 11 heteroatoms. The summed E-state index contributed by atoms with van der Waals surface area (Å²) in [5.74, 6) is -1.13. The van der Waals surface area contributed by atoms with Gasteiger partial charge >= 0.3 is 6.18 Å². The first-order valence-corrected chi connectivity index (χ1v) is 11.6. The molecule has 8 nitrogen and oxygen atoms in total. The summed E-state index contributed by atoms with van der Waals surface area (Å²) < 4.78 is 38.5. The zero-order chi connectivity index (χ0) is 25.1. The van der Waals surface area contributed by atoms with E-state index in [2.05, 4.69) is 25.7 Å². The Balaban J connectivity index is 1.21. The summed E-state index contributed by atoms with van der Waals surface area (Å²) >= 11 is 0. The van der Waals surface area contributed by atoms with Gasteiger partial charge < -0.3 is 15.7 Å². The third kappa shape index (κ3) is 6.15. The van der Waals surface area contributed by atoms with E-state index in [1.165, 1.54) is 6.07 Å². The van der Waals surface area contributed by atoms with Crippen LogP contribution < -0.4 is 10.6 Å². The molecule has 2 heterocycles. The molecule has 2 aromatic rings. The maximum absolute atomic E-state index is 12.8. The van der Waals surface area contributed by atoms with E-state index in [0.717, 1.165) is 49.6 Å². The first-order valence-electron chi connectivity index (χ1n) is 11.6. The van der Waals surface area contributed by atoms with Crippen LogP contribution in [0.15, 0.2) is 42.7 Å². The normalized spacial score (nSPS) is 25.3. The number of aliphatic hydroxyl groups is 1. The lowest BCUT2D eigenvalue weighted by Gasteiger charge is -2.39. The molecular weight excluding hydrogens is 463 g/mol. The molecule has 1 saturated heterocycles. The monoisotopic (exact) mass is 491 g/mol. The number of aromatic nitrogens is 2. The number of likely N-dealkylation sites (tertiary alicyclic amines) is 1. The van der Waals surface area contributed by atoms with Gasteiger partial charge in [0.1, 0.15) is 0 Å². The van der Waals surface area contributed by atoms with Crippen molar-refractivity contribution in [3.8, 4) is 0 Å². The fourth-order valence-corrected chi connectivity index (χ4v) is 4.91. The number of amides is 2. The van der Waals surface area contributed by atoms with Crippen molar-refractivity contribution in [2.75, 3.05) is 19.6 Å². The molecule has 0 spiro atoms. The molecule has 0 radical (unpaired) electrons. The number of halogens is 3. The highest BCUT2D eigenvalue weighted by Gasteiger charge is 2.38. The standard InChI is InChI=1S/C24H28F3N5O3/c25-24(26,27)17-3-1-2-16(12-17)22(34)28-14-21(33)31-19-7-11-32(15-19)20-4-8-23(35,9-5-20)18-6-10-29-30-13-18/h1-3,6,10,12-13,19-20,35H,4-5,7-9,11,14-15H2,(H,28,34)(H,31,33)/t19-,20?,23?/m1/s1. The van der Waals surface area contributed by atoms with Crippen molar-refractivity contribution < 1.29 is 27.9 Å². The van der Waals surface area contributed by atoms with E-state index in [1.54, 1.807) is 18.5 Å². The summed E-state index contributed by atoms with van der Waals surface area (Å²) in [5.41, 5.74) is -1.18. The van der Waals surface area contributed by atoms with E-state index in [1.807, 2.05) is 0 Å². The van der Waals surface area contributed by atoms with Crippen LogP contribution in [0.4, 0.5) is 13.2 Å². The van der Waals surface area contributed by atoms with Crippen molar-refractivity contribution in [1.82, 2.24) is 25.7 Å². The Morgan fingerprint density at radius 2 is 1.91 bits per heavy atom. The molecule has 2 fully saturated rings. The predicted molar refractivity (Wildman–Crippen MR) is 120 cm³/mol. The summed E-state index contributed by atoms with van der Waals surface area (Å²) in [4.78, 5) is 26.8. The Hall–Kier alpha value is -3.05. The first-order chi connectivity index (χ1) is 16.6. The second-order valence-electron chi connectivity index (χ2n) is 9.20. The van der Waals surface area contributed by atoms with Crippen LogP contribution in [0.3, 0.4) is 0 Å². The minimum atomic E-state index is -4.55. The number of benzene rings is 1. The topological polar surface area (TPSA) is 107 Å². The highest BCUT2D eigenvalue weighted by Crippen LogP contribution is 2.38. The fraction of sp³-hybridized carbons (Fsp3) is 0.500. The average Bonchev–Trinajstić information content (AvgIpc) is 3.31. The zero-order valence-corrected chi connectivity index (χ0v) is 19.1.